The summed E-state index contributed by atoms with van der Waals surface area (Å²) in [7, 11) is 0. The predicted octanol–water partition coefficient (Wildman–Crippen LogP) is 6.41. The van der Waals surface area contributed by atoms with Gasteiger partial charge in [0, 0.05) is 35.7 Å². The van der Waals surface area contributed by atoms with Crippen LogP contribution in [0.5, 0.6) is 5.75 Å². The number of ether oxygens (including phenoxy) is 1. The zero-order valence-electron chi connectivity index (χ0n) is 19.0. The summed E-state index contributed by atoms with van der Waals surface area (Å²) < 4.78 is 22.3. The zero-order valence-corrected chi connectivity index (χ0v) is 19.0. The maximum atomic E-state index is 13.9. The Labute approximate surface area is 197 Å². The molecule has 0 atom stereocenters. The molecule has 1 aromatic heterocycles. The highest BCUT2D eigenvalue weighted by Crippen LogP contribution is 2.39. The maximum absolute atomic E-state index is 13.9. The van der Waals surface area contributed by atoms with Crippen LogP contribution in [0.3, 0.4) is 0 Å². The first-order chi connectivity index (χ1) is 16.6. The smallest absolute Gasteiger partial charge is 0.130 e. The van der Waals surface area contributed by atoms with Crippen LogP contribution in [0, 0.1) is 23.1 Å². The van der Waals surface area contributed by atoms with Crippen LogP contribution in [-0.2, 0) is 19.6 Å². The van der Waals surface area contributed by atoms with Crippen molar-refractivity contribution in [2.45, 2.75) is 39.3 Å². The minimum Gasteiger partial charge on any atom is -0.488 e. The highest BCUT2D eigenvalue weighted by molar-refractivity contribution is 5.88. The van der Waals surface area contributed by atoms with Crippen LogP contribution in [0.1, 0.15) is 47.8 Å². The van der Waals surface area contributed by atoms with E-state index in [2.05, 4.69) is 47.0 Å². The summed E-state index contributed by atoms with van der Waals surface area (Å²) in [5.74, 6) is 2.00. The van der Waals surface area contributed by atoms with Crippen molar-refractivity contribution in [1.29, 1.82) is 5.26 Å². The van der Waals surface area contributed by atoms with E-state index < -0.39 is 0 Å². The number of halogens is 1. The topological polar surface area (TPSA) is 50.8 Å². The highest BCUT2D eigenvalue weighted by atomic mass is 19.1. The van der Waals surface area contributed by atoms with E-state index in [9.17, 15) is 9.65 Å². The lowest BCUT2D eigenvalue weighted by Crippen LogP contribution is -2.07. The number of nitriles is 1. The fourth-order valence-corrected chi connectivity index (χ4v) is 4.91. The number of fused-ring (bicyclic) bond motifs is 3. The molecule has 4 nitrogen and oxygen atoms in total. The van der Waals surface area contributed by atoms with Crippen molar-refractivity contribution >= 4 is 16.6 Å². The Morgan fingerprint density at radius 2 is 1.94 bits per heavy atom. The summed E-state index contributed by atoms with van der Waals surface area (Å²) in [5, 5.41) is 9.69. The molecule has 4 aromatic rings. The molecule has 1 aliphatic heterocycles. The van der Waals surface area contributed by atoms with Gasteiger partial charge in [0.1, 0.15) is 24.0 Å². The maximum Gasteiger partial charge on any atom is 0.130 e. The van der Waals surface area contributed by atoms with Crippen molar-refractivity contribution in [3.8, 4) is 11.8 Å². The van der Waals surface area contributed by atoms with Gasteiger partial charge in [0.25, 0.3) is 0 Å². The predicted molar refractivity (Wildman–Crippen MR) is 130 cm³/mol. The van der Waals surface area contributed by atoms with Gasteiger partial charge in [-0.25, -0.2) is 9.37 Å². The number of nitrogens with zero attached hydrogens (tertiary/aromatic N) is 3. The number of rotatable bonds is 4. The van der Waals surface area contributed by atoms with Crippen molar-refractivity contribution < 1.29 is 9.13 Å². The molecule has 3 aromatic carbocycles. The second-order valence-electron chi connectivity index (χ2n) is 9.28. The summed E-state index contributed by atoms with van der Waals surface area (Å²) in [6.07, 6.45) is 3.58. The minimum atomic E-state index is -0.352. The lowest BCUT2D eigenvalue weighted by Gasteiger charge is -2.14. The molecule has 5 heteroatoms. The van der Waals surface area contributed by atoms with Crippen molar-refractivity contribution in [2.75, 3.05) is 0 Å². The van der Waals surface area contributed by atoms with Crippen LogP contribution < -0.4 is 4.74 Å². The van der Waals surface area contributed by atoms with Gasteiger partial charge in [0.2, 0.25) is 0 Å². The second-order valence-corrected chi connectivity index (χ2v) is 9.28. The average Bonchev–Trinajstić information content (AvgIpc) is 3.62. The lowest BCUT2D eigenvalue weighted by molar-refractivity contribution is 0.305. The van der Waals surface area contributed by atoms with Crippen LogP contribution in [0.25, 0.3) is 16.6 Å². The number of hydrogen-bond donors (Lipinski definition) is 0. The minimum absolute atomic E-state index is 0.321. The van der Waals surface area contributed by atoms with E-state index in [-0.39, 0.29) is 5.82 Å². The number of benzene rings is 3. The van der Waals surface area contributed by atoms with E-state index in [0.29, 0.717) is 24.5 Å². The molecule has 168 valence electrons. The van der Waals surface area contributed by atoms with Gasteiger partial charge in [-0.1, -0.05) is 24.3 Å². The molecule has 1 aliphatic carbocycles. The molecule has 1 fully saturated rings. The van der Waals surface area contributed by atoms with Gasteiger partial charge in [-0.2, -0.15) is 5.26 Å². The average molecular weight is 450 g/mol. The fraction of sp³-hybridized carbons (Fsp3) is 0.241. The summed E-state index contributed by atoms with van der Waals surface area (Å²) in [6.45, 7) is 2.84. The molecule has 2 aliphatic rings. The Bertz CT molecular complexity index is 1500. The third-order valence-electron chi connectivity index (χ3n) is 6.82. The molecule has 0 N–H and O–H groups in total. The monoisotopic (exact) mass is 449 g/mol. The molecular weight excluding hydrogens is 425 g/mol. The highest BCUT2D eigenvalue weighted by Gasteiger charge is 2.25. The first-order valence-electron chi connectivity index (χ1n) is 11.7. The molecule has 1 saturated carbocycles. The van der Waals surface area contributed by atoms with E-state index in [0.717, 1.165) is 57.0 Å². The molecule has 34 heavy (non-hydrogen) atoms. The van der Waals surface area contributed by atoms with Gasteiger partial charge in [-0.3, -0.25) is 0 Å². The van der Waals surface area contributed by atoms with Crippen molar-refractivity contribution in [2.24, 2.45) is 5.92 Å². The molecule has 0 unspecified atom stereocenters. The summed E-state index contributed by atoms with van der Waals surface area (Å²) in [4.78, 5) is 4.93. The molecule has 0 radical (unpaired) electrons. The van der Waals surface area contributed by atoms with Gasteiger partial charge in [0.05, 0.1) is 17.1 Å². The SMILES string of the molecule is C/C(C#N)=C1\c2ccc(Cn3c(CC4CC4)nc4ccccc43)cc2COc2cc(F)ccc21. The Morgan fingerprint density at radius 1 is 1.12 bits per heavy atom. The number of allylic oxidation sites excluding steroid dienone is 1. The lowest BCUT2D eigenvalue weighted by atomic mass is 9.90. The van der Waals surface area contributed by atoms with Crippen molar-refractivity contribution in [1.82, 2.24) is 9.55 Å². The number of aromatic nitrogens is 2. The number of imidazole rings is 1. The fourth-order valence-electron chi connectivity index (χ4n) is 4.91. The largest absolute Gasteiger partial charge is 0.488 e. The Balaban J connectivity index is 1.43. The zero-order chi connectivity index (χ0) is 23.2. The molecule has 2 heterocycles. The number of para-hydroxylation sites is 2. The van der Waals surface area contributed by atoms with Gasteiger partial charge < -0.3 is 9.30 Å². The summed E-state index contributed by atoms with van der Waals surface area (Å²) >= 11 is 0. The van der Waals surface area contributed by atoms with Crippen LogP contribution in [-0.4, -0.2) is 9.55 Å². The molecule has 0 amide bonds. The molecule has 0 spiro atoms. The second kappa shape index (κ2) is 8.14. The standard InChI is InChI=1S/C29H24FN3O/c1-18(15-31)29-23-10-8-20(12-21(23)17-34-27-14-22(30)9-11-24(27)29)16-33-26-5-3-2-4-25(26)32-28(33)13-19-6-7-19/h2-5,8-12,14,19H,6-7,13,16-17H2,1H3/b29-18-. The van der Waals surface area contributed by atoms with Gasteiger partial charge in [-0.05, 0) is 72.7 Å². The quantitative estimate of drug-likeness (QED) is 0.338. The Kier molecular flexibility index (Phi) is 4.95. The normalized spacial score (nSPS) is 16.3. The van der Waals surface area contributed by atoms with Gasteiger partial charge in [0.15, 0.2) is 0 Å². The first kappa shape index (κ1) is 20.7. The van der Waals surface area contributed by atoms with Crippen LogP contribution in [0.4, 0.5) is 4.39 Å². The molecule has 0 saturated heterocycles. The van der Waals surface area contributed by atoms with E-state index in [1.807, 2.05) is 6.07 Å². The van der Waals surface area contributed by atoms with Crippen LogP contribution in [0.2, 0.25) is 0 Å². The molecular formula is C29H24FN3O. The Morgan fingerprint density at radius 3 is 2.76 bits per heavy atom. The van der Waals surface area contributed by atoms with E-state index in [1.165, 1.54) is 25.0 Å². The van der Waals surface area contributed by atoms with Crippen LogP contribution in [0.15, 0.2) is 66.2 Å². The van der Waals surface area contributed by atoms with Gasteiger partial charge in [-0.15, -0.1) is 0 Å². The third-order valence-corrected chi connectivity index (χ3v) is 6.82. The first-order valence-corrected chi connectivity index (χ1v) is 11.7. The summed E-state index contributed by atoms with van der Waals surface area (Å²) in [6, 6.07) is 21.4. The van der Waals surface area contributed by atoms with Crippen molar-refractivity contribution in [3.63, 3.8) is 0 Å². The third kappa shape index (κ3) is 3.66. The Hall–Kier alpha value is -3.91. The molecule has 0 bridgehead atoms. The number of hydrogen-bond acceptors (Lipinski definition) is 3. The van der Waals surface area contributed by atoms with E-state index in [4.69, 9.17) is 9.72 Å². The summed E-state index contributed by atoms with van der Waals surface area (Å²) in [5.41, 5.74) is 7.41. The van der Waals surface area contributed by atoms with Gasteiger partial charge >= 0.3 is 0 Å². The van der Waals surface area contributed by atoms with E-state index in [1.54, 1.807) is 13.0 Å². The van der Waals surface area contributed by atoms with E-state index >= 15 is 0 Å². The molecule has 6 rings (SSSR count). The van der Waals surface area contributed by atoms with Crippen LogP contribution >= 0.6 is 0 Å². The van der Waals surface area contributed by atoms with Crippen molar-refractivity contribution in [3.05, 3.63) is 100 Å².